The molecule has 0 amide bonds. The number of likely N-dealkylation sites (N-methyl/N-ethyl adjacent to an activating group) is 2. The number of hydrogen-bond donors (Lipinski definition) is 1. The van der Waals surface area contributed by atoms with Crippen LogP contribution in [0.1, 0.15) is 19.8 Å². The summed E-state index contributed by atoms with van der Waals surface area (Å²) in [5.74, 6) is 0. The van der Waals surface area contributed by atoms with Gasteiger partial charge in [0.2, 0.25) is 0 Å². The molecule has 1 rings (SSSR count). The molecule has 0 aromatic carbocycles. The second kappa shape index (κ2) is 8.86. The van der Waals surface area contributed by atoms with E-state index >= 15 is 0 Å². The monoisotopic (exact) mass is 243 g/mol. The van der Waals surface area contributed by atoms with Gasteiger partial charge in [-0.05, 0) is 40.4 Å². The molecule has 1 atom stereocenters. The van der Waals surface area contributed by atoms with Crippen molar-refractivity contribution in [2.75, 3.05) is 60.0 Å². The molecule has 1 aliphatic rings. The second-order valence-electron chi connectivity index (χ2n) is 4.99. The van der Waals surface area contributed by atoms with Crippen LogP contribution < -0.4 is 5.32 Å². The van der Waals surface area contributed by atoms with Crippen molar-refractivity contribution in [1.29, 1.82) is 0 Å². The summed E-state index contributed by atoms with van der Waals surface area (Å²) in [6.07, 6.45) is 2.68. The van der Waals surface area contributed by atoms with Gasteiger partial charge in [0.05, 0.1) is 6.61 Å². The van der Waals surface area contributed by atoms with E-state index in [-0.39, 0.29) is 0 Å². The molecule has 0 radical (unpaired) electrons. The van der Waals surface area contributed by atoms with Crippen LogP contribution in [-0.2, 0) is 4.74 Å². The lowest BCUT2D eigenvalue weighted by Gasteiger charge is -2.35. The Balaban J connectivity index is 2.02. The van der Waals surface area contributed by atoms with Gasteiger partial charge in [-0.25, -0.2) is 0 Å². The predicted octanol–water partition coefficient (Wildman–Crippen LogP) is 0.639. The van der Waals surface area contributed by atoms with Crippen LogP contribution in [0.15, 0.2) is 0 Å². The summed E-state index contributed by atoms with van der Waals surface area (Å²) >= 11 is 0. The first kappa shape index (κ1) is 14.9. The number of piperidine rings is 1. The Labute approximate surface area is 106 Å². The maximum Gasteiger partial charge on any atom is 0.0590 e. The molecule has 102 valence electrons. The van der Waals surface area contributed by atoms with E-state index in [4.69, 9.17) is 4.74 Å². The van der Waals surface area contributed by atoms with Crippen LogP contribution in [-0.4, -0.2) is 75.9 Å². The smallest absolute Gasteiger partial charge is 0.0590 e. The summed E-state index contributed by atoms with van der Waals surface area (Å²) in [5.41, 5.74) is 0. The summed E-state index contributed by atoms with van der Waals surface area (Å²) in [7, 11) is 4.47. The van der Waals surface area contributed by atoms with Gasteiger partial charge in [-0.15, -0.1) is 0 Å². The molecule has 1 saturated heterocycles. The number of rotatable bonds is 8. The van der Waals surface area contributed by atoms with Crippen molar-refractivity contribution in [2.24, 2.45) is 0 Å². The summed E-state index contributed by atoms with van der Waals surface area (Å²) in [5, 5.41) is 3.42. The second-order valence-corrected chi connectivity index (χ2v) is 4.99. The van der Waals surface area contributed by atoms with Crippen LogP contribution in [0, 0.1) is 0 Å². The number of nitrogens with zero attached hydrogens (tertiary/aromatic N) is 2. The van der Waals surface area contributed by atoms with Crippen LogP contribution in [0.4, 0.5) is 0 Å². The fourth-order valence-corrected chi connectivity index (χ4v) is 2.35. The third kappa shape index (κ3) is 6.36. The van der Waals surface area contributed by atoms with E-state index in [9.17, 15) is 0 Å². The van der Waals surface area contributed by atoms with Crippen molar-refractivity contribution in [3.63, 3.8) is 0 Å². The number of likely N-dealkylation sites (tertiary alicyclic amines) is 1. The Hall–Kier alpha value is -0.160. The number of hydrogen-bond acceptors (Lipinski definition) is 4. The van der Waals surface area contributed by atoms with Gasteiger partial charge in [0.25, 0.3) is 0 Å². The van der Waals surface area contributed by atoms with Gasteiger partial charge >= 0.3 is 0 Å². The van der Waals surface area contributed by atoms with Crippen molar-refractivity contribution < 1.29 is 4.74 Å². The highest BCUT2D eigenvalue weighted by molar-refractivity contribution is 4.77. The van der Waals surface area contributed by atoms with Crippen molar-refractivity contribution >= 4 is 0 Å². The van der Waals surface area contributed by atoms with E-state index in [1.807, 2.05) is 6.92 Å². The molecular formula is C13H29N3O. The van der Waals surface area contributed by atoms with E-state index in [1.54, 1.807) is 0 Å². The normalized spacial score (nSPS) is 22.2. The van der Waals surface area contributed by atoms with Crippen LogP contribution in [0.3, 0.4) is 0 Å². The van der Waals surface area contributed by atoms with Crippen molar-refractivity contribution in [2.45, 2.75) is 25.8 Å². The molecule has 1 N–H and O–H groups in total. The summed E-state index contributed by atoms with van der Waals surface area (Å²) in [6, 6.07) is 0.738. The van der Waals surface area contributed by atoms with Gasteiger partial charge < -0.3 is 19.9 Å². The maximum atomic E-state index is 5.29. The third-order valence-electron chi connectivity index (χ3n) is 3.49. The zero-order valence-corrected chi connectivity index (χ0v) is 11.7. The Morgan fingerprint density at radius 2 is 2.24 bits per heavy atom. The zero-order chi connectivity index (χ0) is 12.5. The molecule has 0 bridgehead atoms. The molecule has 0 aromatic heterocycles. The van der Waals surface area contributed by atoms with Gasteiger partial charge in [0.1, 0.15) is 0 Å². The quantitative estimate of drug-likeness (QED) is 0.633. The molecule has 0 spiro atoms. The third-order valence-corrected chi connectivity index (χ3v) is 3.49. The topological polar surface area (TPSA) is 27.7 Å². The Bertz CT molecular complexity index is 190. The first-order valence-electron chi connectivity index (χ1n) is 6.91. The standard InChI is InChI=1S/C13H29N3O/c1-4-17-11-8-14-7-10-16(3)13-6-5-9-15(2)12-13/h13-14H,4-12H2,1-3H3. The molecular weight excluding hydrogens is 214 g/mol. The lowest BCUT2D eigenvalue weighted by atomic mass is 10.1. The van der Waals surface area contributed by atoms with Gasteiger partial charge in [-0.3, -0.25) is 0 Å². The molecule has 0 saturated carbocycles. The van der Waals surface area contributed by atoms with E-state index in [0.717, 1.165) is 38.9 Å². The average molecular weight is 243 g/mol. The van der Waals surface area contributed by atoms with Crippen molar-refractivity contribution in [3.05, 3.63) is 0 Å². The molecule has 1 heterocycles. The van der Waals surface area contributed by atoms with Gasteiger partial charge in [0, 0.05) is 38.8 Å². The van der Waals surface area contributed by atoms with Crippen molar-refractivity contribution in [1.82, 2.24) is 15.1 Å². The van der Waals surface area contributed by atoms with E-state index < -0.39 is 0 Å². The summed E-state index contributed by atoms with van der Waals surface area (Å²) < 4.78 is 5.29. The van der Waals surface area contributed by atoms with E-state index in [0.29, 0.717) is 0 Å². The largest absolute Gasteiger partial charge is 0.380 e. The van der Waals surface area contributed by atoms with Crippen LogP contribution in [0.5, 0.6) is 0 Å². The fourth-order valence-electron chi connectivity index (χ4n) is 2.35. The minimum atomic E-state index is 0.738. The van der Waals surface area contributed by atoms with E-state index in [2.05, 4.69) is 29.2 Å². The Kier molecular flexibility index (Phi) is 7.77. The molecule has 1 unspecified atom stereocenters. The predicted molar refractivity (Wildman–Crippen MR) is 72.5 cm³/mol. The van der Waals surface area contributed by atoms with E-state index in [1.165, 1.54) is 25.9 Å². The van der Waals surface area contributed by atoms with Crippen LogP contribution in [0.2, 0.25) is 0 Å². The zero-order valence-electron chi connectivity index (χ0n) is 11.7. The first-order valence-corrected chi connectivity index (χ1v) is 6.91. The van der Waals surface area contributed by atoms with Crippen LogP contribution in [0.25, 0.3) is 0 Å². The number of nitrogens with one attached hydrogen (secondary N) is 1. The SMILES string of the molecule is CCOCCNCCN(C)C1CCCN(C)C1. The Morgan fingerprint density at radius 1 is 1.41 bits per heavy atom. The molecule has 1 aliphatic heterocycles. The molecule has 4 nitrogen and oxygen atoms in total. The van der Waals surface area contributed by atoms with Gasteiger partial charge in [-0.2, -0.15) is 0 Å². The Morgan fingerprint density at radius 3 is 2.94 bits per heavy atom. The van der Waals surface area contributed by atoms with Crippen LogP contribution >= 0.6 is 0 Å². The number of ether oxygens (including phenoxy) is 1. The summed E-state index contributed by atoms with van der Waals surface area (Å²) in [6.45, 7) is 9.31. The highest BCUT2D eigenvalue weighted by Crippen LogP contribution is 2.12. The van der Waals surface area contributed by atoms with Gasteiger partial charge in [-0.1, -0.05) is 0 Å². The average Bonchev–Trinajstić information content (AvgIpc) is 2.33. The molecule has 0 aromatic rings. The molecule has 4 heteroatoms. The molecule has 17 heavy (non-hydrogen) atoms. The highest BCUT2D eigenvalue weighted by Gasteiger charge is 2.20. The summed E-state index contributed by atoms with van der Waals surface area (Å²) in [4.78, 5) is 4.93. The lowest BCUT2D eigenvalue weighted by Crippen LogP contribution is -2.46. The van der Waals surface area contributed by atoms with Gasteiger partial charge in [0.15, 0.2) is 0 Å². The fraction of sp³-hybridized carbons (Fsp3) is 1.00. The van der Waals surface area contributed by atoms with Crippen molar-refractivity contribution in [3.8, 4) is 0 Å². The minimum absolute atomic E-state index is 0.738. The maximum absolute atomic E-state index is 5.29. The molecule has 0 aliphatic carbocycles. The lowest BCUT2D eigenvalue weighted by molar-refractivity contribution is 0.130. The first-order chi connectivity index (χ1) is 8.24. The molecule has 1 fully saturated rings. The highest BCUT2D eigenvalue weighted by atomic mass is 16.5. The minimum Gasteiger partial charge on any atom is -0.380 e.